The van der Waals surface area contributed by atoms with E-state index in [1.165, 1.54) is 16.7 Å². The van der Waals surface area contributed by atoms with Gasteiger partial charge in [-0.05, 0) is 48.0 Å². The van der Waals surface area contributed by atoms with Gasteiger partial charge in [0.2, 0.25) is 0 Å². The smallest absolute Gasteiger partial charge is 0.119 e. The van der Waals surface area contributed by atoms with Gasteiger partial charge in [0.25, 0.3) is 0 Å². The highest BCUT2D eigenvalue weighted by atomic mass is 19.1. The van der Waals surface area contributed by atoms with Gasteiger partial charge in [0.05, 0.1) is 13.7 Å². The van der Waals surface area contributed by atoms with Gasteiger partial charge in [-0.3, -0.25) is 4.90 Å². The van der Waals surface area contributed by atoms with E-state index in [0.717, 1.165) is 37.7 Å². The zero-order valence-corrected chi connectivity index (χ0v) is 17.9. The molecular weight excluding hydrogens is 383 g/mol. The van der Waals surface area contributed by atoms with Crippen molar-refractivity contribution in [2.24, 2.45) is 0 Å². The van der Waals surface area contributed by atoms with Crippen molar-refractivity contribution < 1.29 is 18.6 Å². The molecule has 1 saturated heterocycles. The summed E-state index contributed by atoms with van der Waals surface area (Å²) in [7, 11) is 3.85. The number of morpholine rings is 1. The number of halogens is 1. The van der Waals surface area contributed by atoms with Crippen LogP contribution in [0, 0.1) is 0 Å². The second-order valence-corrected chi connectivity index (χ2v) is 8.18. The number of hydrogen-bond acceptors (Lipinski definition) is 5. The number of benzene rings is 2. The molecule has 6 heteroatoms. The third-order valence-electron chi connectivity index (χ3n) is 6.00. The molecule has 2 aromatic carbocycles. The molecule has 0 saturated carbocycles. The molecule has 2 aliphatic heterocycles. The first kappa shape index (κ1) is 21.1. The van der Waals surface area contributed by atoms with Gasteiger partial charge in [0.15, 0.2) is 0 Å². The number of ether oxygens (including phenoxy) is 3. The Morgan fingerprint density at radius 1 is 1.10 bits per heavy atom. The van der Waals surface area contributed by atoms with Crippen LogP contribution in [-0.4, -0.2) is 76.1 Å². The Bertz CT molecular complexity index is 828. The first-order valence-corrected chi connectivity index (χ1v) is 10.6. The summed E-state index contributed by atoms with van der Waals surface area (Å²) < 4.78 is 29.8. The van der Waals surface area contributed by atoms with Crippen LogP contribution in [0.25, 0.3) is 0 Å². The quantitative estimate of drug-likeness (QED) is 0.694. The van der Waals surface area contributed by atoms with E-state index in [4.69, 9.17) is 14.2 Å². The van der Waals surface area contributed by atoms with E-state index < -0.39 is 0 Å². The van der Waals surface area contributed by atoms with Gasteiger partial charge in [-0.1, -0.05) is 18.2 Å². The Morgan fingerprint density at radius 2 is 1.90 bits per heavy atom. The molecule has 0 bridgehead atoms. The number of alkyl halides is 1. The molecule has 0 amide bonds. The van der Waals surface area contributed by atoms with Crippen LogP contribution in [0.15, 0.2) is 42.5 Å². The summed E-state index contributed by atoms with van der Waals surface area (Å²) in [6, 6.07) is 14.8. The Hall–Kier alpha value is -2.15. The molecule has 4 rings (SSSR count). The van der Waals surface area contributed by atoms with E-state index in [2.05, 4.69) is 47.2 Å². The molecule has 5 nitrogen and oxygen atoms in total. The van der Waals surface area contributed by atoms with Crippen molar-refractivity contribution in [2.75, 3.05) is 60.2 Å². The fraction of sp³-hybridized carbons (Fsp3) is 0.500. The molecule has 0 aliphatic carbocycles. The third kappa shape index (κ3) is 4.94. The molecule has 0 aromatic heterocycles. The summed E-state index contributed by atoms with van der Waals surface area (Å²) in [4.78, 5) is 4.44. The summed E-state index contributed by atoms with van der Waals surface area (Å²) in [5.41, 5.74) is 3.94. The zero-order valence-electron chi connectivity index (χ0n) is 17.9. The highest BCUT2D eigenvalue weighted by Gasteiger charge is 2.26. The third-order valence-corrected chi connectivity index (χ3v) is 6.00. The number of nitrogens with zero attached hydrogens (tertiary/aromatic N) is 2. The van der Waals surface area contributed by atoms with Gasteiger partial charge in [0, 0.05) is 38.6 Å². The average Bonchev–Trinajstić information content (AvgIpc) is 2.77. The summed E-state index contributed by atoms with van der Waals surface area (Å²) in [5, 5.41) is 0. The molecule has 1 fully saturated rings. The normalized spacial score (nSPS) is 22.5. The van der Waals surface area contributed by atoms with Crippen LogP contribution in [-0.2, 0) is 11.3 Å². The molecule has 0 radical (unpaired) electrons. The van der Waals surface area contributed by atoms with Crippen LogP contribution in [0.1, 0.15) is 22.6 Å². The Kier molecular flexibility index (Phi) is 6.87. The van der Waals surface area contributed by atoms with Gasteiger partial charge in [-0.15, -0.1) is 0 Å². The zero-order chi connectivity index (χ0) is 20.9. The van der Waals surface area contributed by atoms with E-state index in [1.807, 2.05) is 12.1 Å². The van der Waals surface area contributed by atoms with Crippen molar-refractivity contribution in [1.29, 1.82) is 0 Å². The lowest BCUT2D eigenvalue weighted by Gasteiger charge is -2.33. The molecule has 162 valence electrons. The van der Waals surface area contributed by atoms with Gasteiger partial charge >= 0.3 is 0 Å². The average molecular weight is 415 g/mol. The number of rotatable bonds is 7. The van der Waals surface area contributed by atoms with Crippen LogP contribution < -0.4 is 9.47 Å². The van der Waals surface area contributed by atoms with Gasteiger partial charge in [-0.25, -0.2) is 4.39 Å². The molecule has 2 atom stereocenters. The van der Waals surface area contributed by atoms with Crippen molar-refractivity contribution in [2.45, 2.75) is 18.6 Å². The molecular formula is C24H31FN2O3. The fourth-order valence-corrected chi connectivity index (χ4v) is 4.43. The highest BCUT2D eigenvalue weighted by Crippen LogP contribution is 2.35. The Labute approximate surface area is 178 Å². The summed E-state index contributed by atoms with van der Waals surface area (Å²) in [6.45, 7) is 4.67. The van der Waals surface area contributed by atoms with Gasteiger partial charge in [-0.2, -0.15) is 0 Å². The maximum Gasteiger partial charge on any atom is 0.119 e. The number of hydrogen-bond donors (Lipinski definition) is 0. The standard InChI is InChI=1S/C24H31FN2O3/c1-26-14-19-13-21(30-17-22-15-27(10-9-25)11-12-29-22)7-8-23(19)24(16-26)18-3-5-20(28-2)6-4-18/h3-8,13,22,24H,9-12,14-17H2,1-2H3. The minimum atomic E-state index is -0.318. The predicted molar refractivity (Wildman–Crippen MR) is 115 cm³/mol. The molecule has 0 spiro atoms. The lowest BCUT2D eigenvalue weighted by molar-refractivity contribution is -0.0489. The van der Waals surface area contributed by atoms with Crippen LogP contribution >= 0.6 is 0 Å². The lowest BCUT2D eigenvalue weighted by Crippen LogP contribution is -2.45. The lowest BCUT2D eigenvalue weighted by atomic mass is 9.84. The first-order valence-electron chi connectivity index (χ1n) is 10.6. The van der Waals surface area contributed by atoms with Crippen molar-refractivity contribution >= 4 is 0 Å². The van der Waals surface area contributed by atoms with E-state index >= 15 is 0 Å². The van der Waals surface area contributed by atoms with E-state index in [0.29, 0.717) is 25.7 Å². The predicted octanol–water partition coefficient (Wildman–Crippen LogP) is 3.32. The highest BCUT2D eigenvalue weighted by molar-refractivity contribution is 5.45. The molecule has 2 unspecified atom stereocenters. The molecule has 2 aliphatic rings. The molecule has 0 N–H and O–H groups in total. The number of fused-ring (bicyclic) bond motifs is 1. The van der Waals surface area contributed by atoms with Crippen molar-refractivity contribution in [3.8, 4) is 11.5 Å². The number of methoxy groups -OCH3 is 1. The summed E-state index contributed by atoms with van der Waals surface area (Å²) in [5.74, 6) is 2.07. The van der Waals surface area contributed by atoms with Crippen LogP contribution in [0.4, 0.5) is 4.39 Å². The van der Waals surface area contributed by atoms with Gasteiger partial charge in [0.1, 0.15) is 30.9 Å². The topological polar surface area (TPSA) is 34.2 Å². The first-order chi connectivity index (χ1) is 14.7. The monoisotopic (exact) mass is 414 g/mol. The van der Waals surface area contributed by atoms with E-state index in [9.17, 15) is 4.39 Å². The van der Waals surface area contributed by atoms with E-state index in [1.54, 1.807) is 7.11 Å². The maximum absolute atomic E-state index is 12.6. The summed E-state index contributed by atoms with van der Waals surface area (Å²) in [6.07, 6.45) is -0.0175. The second kappa shape index (κ2) is 9.77. The van der Waals surface area contributed by atoms with Crippen molar-refractivity contribution in [1.82, 2.24) is 9.80 Å². The van der Waals surface area contributed by atoms with Crippen molar-refractivity contribution in [3.05, 3.63) is 59.2 Å². The minimum Gasteiger partial charge on any atom is -0.497 e. The summed E-state index contributed by atoms with van der Waals surface area (Å²) >= 11 is 0. The van der Waals surface area contributed by atoms with Crippen LogP contribution in [0.3, 0.4) is 0 Å². The fourth-order valence-electron chi connectivity index (χ4n) is 4.43. The van der Waals surface area contributed by atoms with Crippen LogP contribution in [0.2, 0.25) is 0 Å². The Morgan fingerprint density at radius 3 is 2.67 bits per heavy atom. The Balaban J connectivity index is 1.45. The maximum atomic E-state index is 12.6. The molecule has 2 aromatic rings. The van der Waals surface area contributed by atoms with Crippen molar-refractivity contribution in [3.63, 3.8) is 0 Å². The molecule has 2 heterocycles. The minimum absolute atomic E-state index is 0.0175. The SMILES string of the molecule is COc1ccc(C2CN(C)Cc3cc(OCC4CN(CCF)CCO4)ccc32)cc1. The van der Waals surface area contributed by atoms with Crippen LogP contribution in [0.5, 0.6) is 11.5 Å². The van der Waals surface area contributed by atoms with Gasteiger partial charge < -0.3 is 19.1 Å². The molecule has 30 heavy (non-hydrogen) atoms. The number of likely N-dealkylation sites (N-methyl/N-ethyl adjacent to an activating group) is 1. The second-order valence-electron chi connectivity index (χ2n) is 8.18. The van der Waals surface area contributed by atoms with E-state index in [-0.39, 0.29) is 12.8 Å². The largest absolute Gasteiger partial charge is 0.497 e.